The highest BCUT2D eigenvalue weighted by molar-refractivity contribution is 6.09. The molecule has 2 aromatic rings. The van der Waals surface area contributed by atoms with Crippen LogP contribution in [0.2, 0.25) is 0 Å². The van der Waals surface area contributed by atoms with Crippen LogP contribution in [0.25, 0.3) is 0 Å². The van der Waals surface area contributed by atoms with Crippen LogP contribution < -0.4 is 0 Å². The first-order chi connectivity index (χ1) is 8.90. The van der Waals surface area contributed by atoms with Crippen LogP contribution in [0.15, 0.2) is 30.3 Å². The molecule has 0 bridgehead atoms. The molecule has 1 nitrogen and oxygen atoms in total. The van der Waals surface area contributed by atoms with Crippen molar-refractivity contribution in [2.75, 3.05) is 0 Å². The van der Waals surface area contributed by atoms with Gasteiger partial charge in [-0.25, -0.2) is 17.6 Å². The number of ketones is 1. The summed E-state index contributed by atoms with van der Waals surface area (Å²) in [6.45, 7) is 1.49. The average Bonchev–Trinajstić information content (AvgIpc) is 2.34. The quantitative estimate of drug-likeness (QED) is 0.460. The fraction of sp³-hybridized carbons (Fsp3) is 0.0714. The summed E-state index contributed by atoms with van der Waals surface area (Å²) in [4.78, 5) is 12.0. The molecule has 0 fully saturated rings. The van der Waals surface area contributed by atoms with Gasteiger partial charge in [-0.2, -0.15) is 0 Å². The molecule has 0 amide bonds. The summed E-state index contributed by atoms with van der Waals surface area (Å²) >= 11 is 0. The van der Waals surface area contributed by atoms with Crippen LogP contribution in [-0.4, -0.2) is 5.78 Å². The number of carbonyl (C=O) groups excluding carboxylic acids is 1. The number of benzene rings is 2. The van der Waals surface area contributed by atoms with Gasteiger partial charge < -0.3 is 0 Å². The Morgan fingerprint density at radius 2 is 1.53 bits per heavy atom. The molecule has 2 rings (SSSR count). The zero-order valence-corrected chi connectivity index (χ0v) is 9.81. The highest BCUT2D eigenvalue weighted by atomic mass is 19.2. The Kier molecular flexibility index (Phi) is 3.38. The molecule has 2 aromatic carbocycles. The molecule has 0 aromatic heterocycles. The first-order valence-electron chi connectivity index (χ1n) is 5.35. The number of rotatable bonds is 2. The molecule has 0 heterocycles. The molecule has 0 spiro atoms. The van der Waals surface area contributed by atoms with E-state index < -0.39 is 29.1 Å². The number of carbonyl (C=O) groups is 1. The fourth-order valence-corrected chi connectivity index (χ4v) is 1.72. The summed E-state index contributed by atoms with van der Waals surface area (Å²) < 4.78 is 51.8. The van der Waals surface area contributed by atoms with Gasteiger partial charge in [0.2, 0.25) is 0 Å². The van der Waals surface area contributed by atoms with Crippen molar-refractivity contribution in [2.24, 2.45) is 0 Å². The molecule has 0 saturated heterocycles. The smallest absolute Gasteiger partial charge is 0.194 e. The number of aryl methyl sites for hydroxylation is 1. The fourth-order valence-electron chi connectivity index (χ4n) is 1.72. The summed E-state index contributed by atoms with van der Waals surface area (Å²) in [7, 11) is 0. The minimum absolute atomic E-state index is 0.104. The van der Waals surface area contributed by atoms with Crippen molar-refractivity contribution in [3.8, 4) is 0 Å². The minimum atomic E-state index is -1.63. The maximum atomic E-state index is 13.1. The first-order valence-corrected chi connectivity index (χ1v) is 5.35. The highest BCUT2D eigenvalue weighted by Gasteiger charge is 2.17. The van der Waals surface area contributed by atoms with E-state index in [0.29, 0.717) is 17.7 Å². The van der Waals surface area contributed by atoms with Gasteiger partial charge in [-0.3, -0.25) is 4.79 Å². The van der Waals surface area contributed by atoms with Crippen molar-refractivity contribution < 1.29 is 22.4 Å². The van der Waals surface area contributed by atoms with E-state index in [4.69, 9.17) is 0 Å². The minimum Gasteiger partial charge on any atom is -0.289 e. The molecule has 19 heavy (non-hydrogen) atoms. The Morgan fingerprint density at radius 1 is 0.947 bits per heavy atom. The molecule has 0 aliphatic rings. The Morgan fingerprint density at radius 3 is 2.05 bits per heavy atom. The second kappa shape index (κ2) is 4.84. The zero-order valence-electron chi connectivity index (χ0n) is 9.81. The molecule has 0 radical (unpaired) electrons. The van der Waals surface area contributed by atoms with E-state index in [1.165, 1.54) is 13.0 Å². The lowest BCUT2D eigenvalue weighted by molar-refractivity contribution is 0.103. The lowest BCUT2D eigenvalue weighted by atomic mass is 9.99. The maximum absolute atomic E-state index is 13.1. The lowest BCUT2D eigenvalue weighted by Crippen LogP contribution is -2.06. The summed E-state index contributed by atoms with van der Waals surface area (Å²) in [5.74, 6) is -5.74. The predicted molar refractivity (Wildman–Crippen MR) is 60.9 cm³/mol. The van der Waals surface area contributed by atoms with E-state index in [0.717, 1.165) is 12.1 Å². The second-order valence-corrected chi connectivity index (χ2v) is 4.04. The molecule has 98 valence electrons. The van der Waals surface area contributed by atoms with Crippen LogP contribution in [-0.2, 0) is 0 Å². The van der Waals surface area contributed by atoms with E-state index in [9.17, 15) is 22.4 Å². The van der Waals surface area contributed by atoms with Crippen LogP contribution in [0.4, 0.5) is 17.6 Å². The predicted octanol–water partition coefficient (Wildman–Crippen LogP) is 3.78. The van der Waals surface area contributed by atoms with Gasteiger partial charge in [0.15, 0.2) is 23.2 Å². The Labute approximate surface area is 106 Å². The van der Waals surface area contributed by atoms with E-state index in [-0.39, 0.29) is 11.1 Å². The summed E-state index contributed by atoms with van der Waals surface area (Å²) in [5, 5.41) is 0. The van der Waals surface area contributed by atoms with E-state index in [2.05, 4.69) is 0 Å². The maximum Gasteiger partial charge on any atom is 0.194 e. The van der Waals surface area contributed by atoms with Crippen LogP contribution in [0, 0.1) is 30.2 Å². The van der Waals surface area contributed by atoms with Gasteiger partial charge >= 0.3 is 0 Å². The Balaban J connectivity index is 2.50. The molecule has 0 aliphatic heterocycles. The van der Waals surface area contributed by atoms with Crippen LogP contribution >= 0.6 is 0 Å². The molecular weight excluding hydrogens is 260 g/mol. The van der Waals surface area contributed by atoms with Gasteiger partial charge in [0.1, 0.15) is 5.82 Å². The number of hydrogen-bond donors (Lipinski definition) is 0. The van der Waals surface area contributed by atoms with Crippen molar-refractivity contribution in [2.45, 2.75) is 6.92 Å². The number of halogens is 4. The van der Waals surface area contributed by atoms with Gasteiger partial charge in [0, 0.05) is 11.1 Å². The molecule has 0 saturated carbocycles. The Hall–Kier alpha value is -2.17. The third-order valence-electron chi connectivity index (χ3n) is 2.68. The first kappa shape index (κ1) is 13.3. The van der Waals surface area contributed by atoms with Crippen molar-refractivity contribution in [3.63, 3.8) is 0 Å². The third-order valence-corrected chi connectivity index (χ3v) is 2.68. The van der Waals surface area contributed by atoms with Crippen LogP contribution in [0.1, 0.15) is 21.5 Å². The van der Waals surface area contributed by atoms with E-state index in [1.54, 1.807) is 0 Å². The summed E-state index contributed by atoms with van der Waals surface area (Å²) in [5.41, 5.74) is 0.105. The van der Waals surface area contributed by atoms with Crippen LogP contribution in [0.3, 0.4) is 0 Å². The summed E-state index contributed by atoms with van der Waals surface area (Å²) in [6, 6.07) is 4.64. The second-order valence-electron chi connectivity index (χ2n) is 4.04. The van der Waals surface area contributed by atoms with Crippen molar-refractivity contribution in [1.29, 1.82) is 0 Å². The number of hydrogen-bond acceptors (Lipinski definition) is 1. The molecule has 0 atom stereocenters. The van der Waals surface area contributed by atoms with Crippen molar-refractivity contribution in [3.05, 3.63) is 70.3 Å². The molecule has 0 unspecified atom stereocenters. The zero-order chi connectivity index (χ0) is 14.2. The standard InChI is InChI=1S/C14H8F4O/c1-7-4-9(15)2-3-10(7)14(19)8-5-11(16)13(18)12(17)6-8/h2-6H,1H3. The van der Waals surface area contributed by atoms with Gasteiger partial charge in [-0.1, -0.05) is 0 Å². The normalized spacial score (nSPS) is 10.6. The lowest BCUT2D eigenvalue weighted by Gasteiger charge is -2.06. The highest BCUT2D eigenvalue weighted by Crippen LogP contribution is 2.19. The summed E-state index contributed by atoms with van der Waals surface area (Å²) in [6.07, 6.45) is 0. The van der Waals surface area contributed by atoms with E-state index in [1.807, 2.05) is 0 Å². The monoisotopic (exact) mass is 268 g/mol. The van der Waals surface area contributed by atoms with E-state index >= 15 is 0 Å². The van der Waals surface area contributed by atoms with Gasteiger partial charge in [-0.15, -0.1) is 0 Å². The van der Waals surface area contributed by atoms with Gasteiger partial charge in [0.05, 0.1) is 0 Å². The Bertz CT molecular complexity index is 641. The SMILES string of the molecule is Cc1cc(F)ccc1C(=O)c1cc(F)c(F)c(F)c1. The molecule has 0 aliphatic carbocycles. The molecular formula is C14H8F4O. The van der Waals surface area contributed by atoms with Gasteiger partial charge in [0.25, 0.3) is 0 Å². The largest absolute Gasteiger partial charge is 0.289 e. The van der Waals surface area contributed by atoms with Crippen molar-refractivity contribution >= 4 is 5.78 Å². The third kappa shape index (κ3) is 2.50. The van der Waals surface area contributed by atoms with Crippen LogP contribution in [0.5, 0.6) is 0 Å². The molecule has 0 N–H and O–H groups in total. The van der Waals surface area contributed by atoms with Crippen molar-refractivity contribution in [1.82, 2.24) is 0 Å². The average molecular weight is 268 g/mol. The van der Waals surface area contributed by atoms with Gasteiger partial charge in [-0.05, 0) is 42.8 Å². The topological polar surface area (TPSA) is 17.1 Å². The molecule has 5 heteroatoms.